The number of aliphatic imine (C=N–C) groups is 1. The van der Waals surface area contributed by atoms with Gasteiger partial charge in [0.1, 0.15) is 11.6 Å². The van der Waals surface area contributed by atoms with Crippen molar-refractivity contribution in [1.29, 1.82) is 0 Å². The molecule has 8 nitrogen and oxygen atoms in total. The SMILES string of the molecule is CCNC(=NCC(O)c1cccc(OC(C)C)c1)NCCC(=O)Nc1cccc(C)n1.I. The number of aliphatic hydroxyl groups is 1. The highest BCUT2D eigenvalue weighted by molar-refractivity contribution is 14.0. The van der Waals surface area contributed by atoms with Gasteiger partial charge in [-0.15, -0.1) is 24.0 Å². The number of amides is 1. The Morgan fingerprint density at radius 3 is 2.62 bits per heavy atom. The highest BCUT2D eigenvalue weighted by atomic mass is 127. The normalized spacial score (nSPS) is 12.0. The van der Waals surface area contributed by atoms with E-state index in [2.05, 4.69) is 25.9 Å². The number of carbonyl (C=O) groups excluding carboxylic acids is 1. The Bertz CT molecular complexity index is 876. The molecule has 32 heavy (non-hydrogen) atoms. The number of rotatable bonds is 10. The van der Waals surface area contributed by atoms with Crippen LogP contribution in [0.25, 0.3) is 0 Å². The minimum absolute atomic E-state index is 0. The van der Waals surface area contributed by atoms with Crippen LogP contribution in [-0.2, 0) is 4.79 Å². The van der Waals surface area contributed by atoms with E-state index in [1.807, 2.05) is 64.1 Å². The third-order valence-corrected chi connectivity index (χ3v) is 4.18. The van der Waals surface area contributed by atoms with Crippen molar-refractivity contribution in [3.05, 3.63) is 53.7 Å². The van der Waals surface area contributed by atoms with Crippen molar-refractivity contribution in [2.45, 2.75) is 46.3 Å². The zero-order valence-electron chi connectivity index (χ0n) is 19.1. The van der Waals surface area contributed by atoms with Crippen molar-refractivity contribution >= 4 is 41.7 Å². The molecule has 4 N–H and O–H groups in total. The lowest BCUT2D eigenvalue weighted by molar-refractivity contribution is -0.116. The molecule has 176 valence electrons. The van der Waals surface area contributed by atoms with Gasteiger partial charge in [0.05, 0.1) is 18.8 Å². The lowest BCUT2D eigenvalue weighted by Crippen LogP contribution is -2.39. The summed E-state index contributed by atoms with van der Waals surface area (Å²) < 4.78 is 5.68. The predicted molar refractivity (Wildman–Crippen MR) is 139 cm³/mol. The van der Waals surface area contributed by atoms with Gasteiger partial charge in [0.15, 0.2) is 5.96 Å². The fraction of sp³-hybridized carbons (Fsp3) is 0.435. The molecule has 1 atom stereocenters. The van der Waals surface area contributed by atoms with Gasteiger partial charge < -0.3 is 25.8 Å². The Morgan fingerprint density at radius 2 is 1.94 bits per heavy atom. The largest absolute Gasteiger partial charge is 0.491 e. The van der Waals surface area contributed by atoms with E-state index in [-0.39, 0.29) is 49.0 Å². The Balaban J connectivity index is 0.00000512. The number of aromatic nitrogens is 1. The van der Waals surface area contributed by atoms with E-state index in [1.165, 1.54) is 0 Å². The molecule has 0 bridgehead atoms. The number of benzene rings is 1. The molecule has 0 aliphatic rings. The second-order valence-corrected chi connectivity index (χ2v) is 7.36. The Labute approximate surface area is 207 Å². The van der Waals surface area contributed by atoms with Crippen molar-refractivity contribution in [2.75, 3.05) is 25.0 Å². The monoisotopic (exact) mass is 555 g/mol. The average Bonchev–Trinajstić information content (AvgIpc) is 2.71. The lowest BCUT2D eigenvalue weighted by Gasteiger charge is -2.15. The Hall–Kier alpha value is -2.40. The maximum absolute atomic E-state index is 12.1. The summed E-state index contributed by atoms with van der Waals surface area (Å²) in [5.74, 6) is 1.66. The van der Waals surface area contributed by atoms with Crippen LogP contribution in [0.2, 0.25) is 0 Å². The quantitative estimate of drug-likeness (QED) is 0.203. The first kappa shape index (κ1) is 27.6. The second-order valence-electron chi connectivity index (χ2n) is 7.36. The Kier molecular flexibility index (Phi) is 12.6. The zero-order valence-corrected chi connectivity index (χ0v) is 21.4. The van der Waals surface area contributed by atoms with E-state index in [0.29, 0.717) is 24.9 Å². The molecule has 2 rings (SSSR count). The van der Waals surface area contributed by atoms with Gasteiger partial charge in [-0.25, -0.2) is 4.98 Å². The summed E-state index contributed by atoms with van der Waals surface area (Å²) in [4.78, 5) is 20.8. The third kappa shape index (κ3) is 10.3. The molecule has 0 saturated heterocycles. The van der Waals surface area contributed by atoms with Crippen LogP contribution in [0.5, 0.6) is 5.75 Å². The summed E-state index contributed by atoms with van der Waals surface area (Å²) in [7, 11) is 0. The number of nitrogens with one attached hydrogen (secondary N) is 3. The zero-order chi connectivity index (χ0) is 22.6. The van der Waals surface area contributed by atoms with Crippen molar-refractivity contribution in [1.82, 2.24) is 15.6 Å². The van der Waals surface area contributed by atoms with Crippen LogP contribution >= 0.6 is 24.0 Å². The van der Waals surface area contributed by atoms with Gasteiger partial charge in [-0.2, -0.15) is 0 Å². The number of ether oxygens (including phenoxy) is 1. The van der Waals surface area contributed by atoms with Crippen molar-refractivity contribution in [3.8, 4) is 5.75 Å². The van der Waals surface area contributed by atoms with Gasteiger partial charge in [0.25, 0.3) is 0 Å². The molecule has 0 aliphatic heterocycles. The van der Waals surface area contributed by atoms with Crippen molar-refractivity contribution < 1.29 is 14.6 Å². The lowest BCUT2D eigenvalue weighted by atomic mass is 10.1. The minimum Gasteiger partial charge on any atom is -0.491 e. The average molecular weight is 555 g/mol. The van der Waals surface area contributed by atoms with Crippen LogP contribution in [0.15, 0.2) is 47.5 Å². The number of halogens is 1. The maximum Gasteiger partial charge on any atom is 0.227 e. The first-order valence-electron chi connectivity index (χ1n) is 10.6. The fourth-order valence-corrected chi connectivity index (χ4v) is 2.80. The molecule has 0 saturated carbocycles. The maximum atomic E-state index is 12.1. The second kappa shape index (κ2) is 14.6. The van der Waals surface area contributed by atoms with E-state index in [9.17, 15) is 9.90 Å². The van der Waals surface area contributed by atoms with Gasteiger partial charge in [-0.3, -0.25) is 9.79 Å². The third-order valence-electron chi connectivity index (χ3n) is 4.18. The molecule has 1 heterocycles. The number of aliphatic hydroxyl groups excluding tert-OH is 1. The summed E-state index contributed by atoms with van der Waals surface area (Å²) >= 11 is 0. The summed E-state index contributed by atoms with van der Waals surface area (Å²) in [6.45, 7) is 8.99. The van der Waals surface area contributed by atoms with E-state index in [4.69, 9.17) is 4.74 Å². The Morgan fingerprint density at radius 1 is 1.19 bits per heavy atom. The first-order valence-corrected chi connectivity index (χ1v) is 10.6. The number of hydrogen-bond acceptors (Lipinski definition) is 5. The molecule has 9 heteroatoms. The van der Waals surface area contributed by atoms with Gasteiger partial charge in [-0.1, -0.05) is 18.2 Å². The molecule has 2 aromatic rings. The standard InChI is InChI=1S/C23H33N5O3.HI/c1-5-24-23(25-13-12-22(30)28-21-11-6-8-17(4)27-21)26-15-20(29)18-9-7-10-19(14-18)31-16(2)3;/h6-11,14,16,20,29H,5,12-13,15H2,1-4H3,(H2,24,25,26)(H,27,28,30);1H. The van der Waals surface area contributed by atoms with Crippen LogP contribution in [-0.4, -0.2) is 47.7 Å². The van der Waals surface area contributed by atoms with Gasteiger partial charge in [-0.05, 0) is 57.5 Å². The molecular weight excluding hydrogens is 521 g/mol. The minimum atomic E-state index is -0.762. The van der Waals surface area contributed by atoms with Crippen LogP contribution in [0.4, 0.5) is 5.82 Å². The van der Waals surface area contributed by atoms with E-state index >= 15 is 0 Å². The van der Waals surface area contributed by atoms with Crippen LogP contribution < -0.4 is 20.7 Å². The van der Waals surface area contributed by atoms with E-state index in [1.54, 1.807) is 6.07 Å². The van der Waals surface area contributed by atoms with Crippen molar-refractivity contribution in [3.63, 3.8) is 0 Å². The molecule has 0 spiro atoms. The molecule has 1 aromatic carbocycles. The molecule has 1 amide bonds. The molecule has 1 unspecified atom stereocenters. The molecule has 1 aromatic heterocycles. The van der Waals surface area contributed by atoms with E-state index < -0.39 is 6.10 Å². The fourth-order valence-electron chi connectivity index (χ4n) is 2.80. The van der Waals surface area contributed by atoms with Gasteiger partial charge >= 0.3 is 0 Å². The topological polar surface area (TPSA) is 108 Å². The highest BCUT2D eigenvalue weighted by Crippen LogP contribution is 2.20. The molecular formula is C23H34IN5O3. The smallest absolute Gasteiger partial charge is 0.227 e. The summed E-state index contributed by atoms with van der Waals surface area (Å²) in [6, 6.07) is 12.9. The molecule has 0 radical (unpaired) electrons. The molecule has 0 fully saturated rings. The summed E-state index contributed by atoms with van der Waals surface area (Å²) in [5.41, 5.74) is 1.58. The number of pyridine rings is 1. The number of guanidine groups is 1. The number of aryl methyl sites for hydroxylation is 1. The van der Waals surface area contributed by atoms with E-state index in [0.717, 1.165) is 17.0 Å². The van der Waals surface area contributed by atoms with Crippen molar-refractivity contribution in [2.24, 2.45) is 4.99 Å². The molecule has 0 aliphatic carbocycles. The number of anilines is 1. The number of carbonyl (C=O) groups is 1. The predicted octanol–water partition coefficient (Wildman–Crippen LogP) is 3.41. The van der Waals surface area contributed by atoms with Crippen LogP contribution in [0.1, 0.15) is 44.6 Å². The van der Waals surface area contributed by atoms with Crippen LogP contribution in [0.3, 0.4) is 0 Å². The summed E-state index contributed by atoms with van der Waals surface area (Å²) in [5, 5.41) is 19.5. The van der Waals surface area contributed by atoms with Gasteiger partial charge in [0.2, 0.25) is 5.91 Å². The van der Waals surface area contributed by atoms with Crippen LogP contribution in [0, 0.1) is 6.92 Å². The highest BCUT2D eigenvalue weighted by Gasteiger charge is 2.10. The number of hydrogen-bond donors (Lipinski definition) is 4. The van der Waals surface area contributed by atoms with Gasteiger partial charge in [0, 0.05) is 25.2 Å². The first-order chi connectivity index (χ1) is 14.9. The summed E-state index contributed by atoms with van der Waals surface area (Å²) in [6.07, 6.45) is -0.437. The number of nitrogens with zero attached hydrogens (tertiary/aromatic N) is 2.